The van der Waals surface area contributed by atoms with Crippen LogP contribution < -0.4 is 5.73 Å². The molecule has 1 fully saturated rings. The third-order valence-electron chi connectivity index (χ3n) is 3.52. The lowest BCUT2D eigenvalue weighted by atomic mass is 9.85. The molecule has 0 aromatic heterocycles. The van der Waals surface area contributed by atoms with Crippen LogP contribution in [-0.4, -0.2) is 42.8 Å². The van der Waals surface area contributed by atoms with Crippen molar-refractivity contribution in [2.75, 3.05) is 32.8 Å². The molecule has 1 aliphatic rings. The second-order valence-electron chi connectivity index (χ2n) is 4.50. The summed E-state index contributed by atoms with van der Waals surface area (Å²) in [6.07, 6.45) is 5.19. The van der Waals surface area contributed by atoms with Crippen molar-refractivity contribution in [3.8, 4) is 0 Å². The fourth-order valence-corrected chi connectivity index (χ4v) is 2.52. The van der Waals surface area contributed by atoms with Gasteiger partial charge in [-0.1, -0.05) is 19.8 Å². The lowest BCUT2D eigenvalue weighted by Gasteiger charge is -2.33. The molecule has 0 aliphatic heterocycles. The number of rotatable bonds is 6. The first kappa shape index (κ1) is 12.0. The van der Waals surface area contributed by atoms with Crippen LogP contribution in [0.1, 0.15) is 32.6 Å². The SMILES string of the molecule is CCN(CCO)CC1(CN)CCCC1. The van der Waals surface area contributed by atoms with Gasteiger partial charge >= 0.3 is 0 Å². The quantitative estimate of drug-likeness (QED) is 0.667. The van der Waals surface area contributed by atoms with Crippen molar-refractivity contribution in [3.05, 3.63) is 0 Å². The van der Waals surface area contributed by atoms with Crippen molar-refractivity contribution >= 4 is 0 Å². The Morgan fingerprint density at radius 3 is 2.43 bits per heavy atom. The summed E-state index contributed by atoms with van der Waals surface area (Å²) in [5.41, 5.74) is 6.23. The standard InChI is InChI=1S/C11H24N2O/c1-2-13(7-8-14)10-11(9-12)5-3-4-6-11/h14H,2-10,12H2,1H3. The Hall–Kier alpha value is -0.120. The molecule has 0 heterocycles. The van der Waals surface area contributed by atoms with E-state index in [1.807, 2.05) is 0 Å². The van der Waals surface area contributed by atoms with Crippen molar-refractivity contribution in [3.63, 3.8) is 0 Å². The molecule has 0 bridgehead atoms. The van der Waals surface area contributed by atoms with E-state index in [-0.39, 0.29) is 6.61 Å². The van der Waals surface area contributed by atoms with E-state index in [1.165, 1.54) is 25.7 Å². The maximum atomic E-state index is 8.93. The molecule has 0 aromatic carbocycles. The van der Waals surface area contributed by atoms with Gasteiger partial charge in [-0.15, -0.1) is 0 Å². The Balaban J connectivity index is 2.44. The Morgan fingerprint density at radius 1 is 1.36 bits per heavy atom. The van der Waals surface area contributed by atoms with Crippen LogP contribution in [0, 0.1) is 5.41 Å². The summed E-state index contributed by atoms with van der Waals surface area (Å²) in [5, 5.41) is 8.93. The molecule has 0 amide bonds. The van der Waals surface area contributed by atoms with Crippen LogP contribution in [0.5, 0.6) is 0 Å². The molecule has 3 N–H and O–H groups in total. The summed E-state index contributed by atoms with van der Waals surface area (Å²) in [6.45, 7) is 6.08. The summed E-state index contributed by atoms with van der Waals surface area (Å²) in [5.74, 6) is 0. The van der Waals surface area contributed by atoms with E-state index >= 15 is 0 Å². The highest BCUT2D eigenvalue weighted by Gasteiger charge is 2.33. The van der Waals surface area contributed by atoms with Crippen LogP contribution in [0.15, 0.2) is 0 Å². The van der Waals surface area contributed by atoms with Crippen LogP contribution in [-0.2, 0) is 0 Å². The molecule has 0 atom stereocenters. The van der Waals surface area contributed by atoms with Crippen molar-refractivity contribution in [1.29, 1.82) is 0 Å². The maximum Gasteiger partial charge on any atom is 0.0558 e. The highest BCUT2D eigenvalue weighted by atomic mass is 16.3. The van der Waals surface area contributed by atoms with Crippen LogP contribution in [0.4, 0.5) is 0 Å². The minimum atomic E-state index is 0.258. The van der Waals surface area contributed by atoms with Crippen molar-refractivity contribution in [2.24, 2.45) is 11.1 Å². The molecule has 0 saturated heterocycles. The third-order valence-corrected chi connectivity index (χ3v) is 3.52. The van der Waals surface area contributed by atoms with Crippen molar-refractivity contribution < 1.29 is 5.11 Å². The van der Waals surface area contributed by atoms with E-state index in [4.69, 9.17) is 10.8 Å². The van der Waals surface area contributed by atoms with E-state index in [9.17, 15) is 0 Å². The highest BCUT2D eigenvalue weighted by molar-refractivity contribution is 4.88. The smallest absolute Gasteiger partial charge is 0.0558 e. The van der Waals surface area contributed by atoms with Gasteiger partial charge in [0.15, 0.2) is 0 Å². The molecular formula is C11H24N2O. The number of hydrogen-bond donors (Lipinski definition) is 2. The summed E-state index contributed by atoms with van der Waals surface area (Å²) in [6, 6.07) is 0. The van der Waals surface area contributed by atoms with Crippen LogP contribution in [0.25, 0.3) is 0 Å². The van der Waals surface area contributed by atoms with Gasteiger partial charge in [0.2, 0.25) is 0 Å². The van der Waals surface area contributed by atoms with Crippen molar-refractivity contribution in [2.45, 2.75) is 32.6 Å². The number of hydrogen-bond acceptors (Lipinski definition) is 3. The van der Waals surface area contributed by atoms with Gasteiger partial charge in [0.25, 0.3) is 0 Å². The fourth-order valence-electron chi connectivity index (χ4n) is 2.52. The van der Waals surface area contributed by atoms with Crippen LogP contribution in [0.3, 0.4) is 0 Å². The summed E-state index contributed by atoms with van der Waals surface area (Å²) >= 11 is 0. The van der Waals surface area contributed by atoms with E-state index in [0.717, 1.165) is 26.2 Å². The lowest BCUT2D eigenvalue weighted by Crippen LogP contribution is -2.42. The van der Waals surface area contributed by atoms with Gasteiger partial charge < -0.3 is 15.7 Å². The van der Waals surface area contributed by atoms with Crippen molar-refractivity contribution in [1.82, 2.24) is 4.90 Å². The Morgan fingerprint density at radius 2 is 2.00 bits per heavy atom. The largest absolute Gasteiger partial charge is 0.395 e. The molecule has 0 unspecified atom stereocenters. The van der Waals surface area contributed by atoms with Gasteiger partial charge in [0.1, 0.15) is 0 Å². The van der Waals surface area contributed by atoms with E-state index in [2.05, 4.69) is 11.8 Å². The van der Waals surface area contributed by atoms with Gasteiger partial charge in [0, 0.05) is 13.1 Å². The normalized spacial score (nSPS) is 20.6. The highest BCUT2D eigenvalue weighted by Crippen LogP contribution is 2.37. The minimum absolute atomic E-state index is 0.258. The number of aliphatic hydroxyl groups excluding tert-OH is 1. The molecule has 0 spiro atoms. The summed E-state index contributed by atoms with van der Waals surface area (Å²) in [4.78, 5) is 2.32. The van der Waals surface area contributed by atoms with Gasteiger partial charge in [-0.3, -0.25) is 0 Å². The molecule has 0 aromatic rings. The average Bonchev–Trinajstić information content (AvgIpc) is 2.66. The fraction of sp³-hybridized carbons (Fsp3) is 1.00. The third kappa shape index (κ3) is 2.94. The summed E-state index contributed by atoms with van der Waals surface area (Å²) in [7, 11) is 0. The molecule has 84 valence electrons. The maximum absolute atomic E-state index is 8.93. The molecule has 14 heavy (non-hydrogen) atoms. The van der Waals surface area contributed by atoms with Crippen LogP contribution >= 0.6 is 0 Å². The monoisotopic (exact) mass is 200 g/mol. The Kier molecular flexibility index (Phi) is 4.85. The zero-order valence-corrected chi connectivity index (χ0v) is 9.34. The Labute approximate surface area is 87.3 Å². The first-order valence-corrected chi connectivity index (χ1v) is 5.79. The molecule has 0 radical (unpaired) electrons. The predicted molar refractivity (Wildman–Crippen MR) is 59.2 cm³/mol. The lowest BCUT2D eigenvalue weighted by molar-refractivity contribution is 0.136. The first-order chi connectivity index (χ1) is 6.76. The average molecular weight is 200 g/mol. The second-order valence-corrected chi connectivity index (χ2v) is 4.50. The zero-order chi connectivity index (χ0) is 10.4. The summed E-state index contributed by atoms with van der Waals surface area (Å²) < 4.78 is 0. The second kappa shape index (κ2) is 5.69. The number of likely N-dealkylation sites (N-methyl/N-ethyl adjacent to an activating group) is 1. The van der Waals surface area contributed by atoms with Gasteiger partial charge in [-0.25, -0.2) is 0 Å². The molecule has 1 aliphatic carbocycles. The molecule has 1 rings (SSSR count). The van der Waals surface area contributed by atoms with Gasteiger partial charge in [0.05, 0.1) is 6.61 Å². The molecule has 1 saturated carbocycles. The number of nitrogens with two attached hydrogens (primary N) is 1. The number of aliphatic hydroxyl groups is 1. The topological polar surface area (TPSA) is 49.5 Å². The van der Waals surface area contributed by atoms with E-state index in [0.29, 0.717) is 5.41 Å². The Bertz CT molecular complexity index is 155. The number of nitrogens with zero attached hydrogens (tertiary/aromatic N) is 1. The van der Waals surface area contributed by atoms with Gasteiger partial charge in [-0.2, -0.15) is 0 Å². The molecule has 3 nitrogen and oxygen atoms in total. The zero-order valence-electron chi connectivity index (χ0n) is 9.34. The minimum Gasteiger partial charge on any atom is -0.395 e. The van der Waals surface area contributed by atoms with E-state index < -0.39 is 0 Å². The predicted octanol–water partition coefficient (Wildman–Crippen LogP) is 0.820. The molecular weight excluding hydrogens is 176 g/mol. The van der Waals surface area contributed by atoms with E-state index in [1.54, 1.807) is 0 Å². The molecule has 3 heteroatoms. The first-order valence-electron chi connectivity index (χ1n) is 5.79. The van der Waals surface area contributed by atoms with Gasteiger partial charge in [-0.05, 0) is 31.3 Å². The van der Waals surface area contributed by atoms with Crippen LogP contribution in [0.2, 0.25) is 0 Å².